The molecule has 0 bridgehead atoms. The lowest BCUT2D eigenvalue weighted by atomic mass is 9.79. The van der Waals surface area contributed by atoms with Gasteiger partial charge in [-0.2, -0.15) is 5.26 Å². The van der Waals surface area contributed by atoms with Crippen molar-refractivity contribution in [1.29, 1.82) is 5.26 Å². The lowest BCUT2D eigenvalue weighted by Gasteiger charge is -2.27. The molecule has 1 fully saturated rings. The van der Waals surface area contributed by atoms with Crippen molar-refractivity contribution in [1.82, 2.24) is 4.90 Å². The molecule has 1 aromatic carbocycles. The van der Waals surface area contributed by atoms with Gasteiger partial charge in [0.05, 0.1) is 17.9 Å². The highest BCUT2D eigenvalue weighted by atomic mass is 35.5. The normalized spacial score (nSPS) is 15.5. The van der Waals surface area contributed by atoms with E-state index in [0.29, 0.717) is 24.4 Å². The van der Waals surface area contributed by atoms with Gasteiger partial charge in [0, 0.05) is 18.6 Å². The number of rotatable bonds is 6. The van der Waals surface area contributed by atoms with E-state index in [-0.39, 0.29) is 24.9 Å². The fourth-order valence-electron chi connectivity index (χ4n) is 3.08. The minimum absolute atomic E-state index is 0.255. The first-order chi connectivity index (χ1) is 11.5. The molecule has 0 aromatic heterocycles. The number of hydrogen-bond acceptors (Lipinski definition) is 4. The molecule has 1 saturated carbocycles. The van der Waals surface area contributed by atoms with Crippen LogP contribution in [0.1, 0.15) is 37.7 Å². The quantitative estimate of drug-likeness (QED) is 0.741. The summed E-state index contributed by atoms with van der Waals surface area (Å²) in [5.74, 6) is -0.660. The minimum atomic E-state index is -0.684. The molecule has 1 aromatic rings. The maximum atomic E-state index is 12.7. The van der Waals surface area contributed by atoms with Crippen molar-refractivity contribution in [3.63, 3.8) is 0 Å². The summed E-state index contributed by atoms with van der Waals surface area (Å²) in [5.41, 5.74) is 0.204. The Morgan fingerprint density at radius 1 is 1.29 bits per heavy atom. The number of likely N-dealkylation sites (N-methyl/N-ethyl adjacent to an activating group) is 1. The summed E-state index contributed by atoms with van der Waals surface area (Å²) in [6, 6.07) is 9.23. The molecule has 1 amide bonds. The molecule has 0 saturated heterocycles. The summed E-state index contributed by atoms with van der Waals surface area (Å²) < 4.78 is 5.33. The van der Waals surface area contributed by atoms with Crippen LogP contribution < -0.4 is 0 Å². The summed E-state index contributed by atoms with van der Waals surface area (Å²) in [5, 5.41) is 9.18. The van der Waals surface area contributed by atoms with E-state index in [9.17, 15) is 9.59 Å². The first-order valence-corrected chi connectivity index (χ1v) is 8.41. The molecule has 0 heterocycles. The van der Waals surface area contributed by atoms with Gasteiger partial charge in [0.25, 0.3) is 5.91 Å². The van der Waals surface area contributed by atoms with Crippen molar-refractivity contribution in [2.24, 2.45) is 0 Å². The van der Waals surface area contributed by atoms with E-state index in [1.807, 2.05) is 18.2 Å². The molecule has 0 aliphatic heterocycles. The number of esters is 1. The Balaban J connectivity index is 2.04. The molecule has 0 spiro atoms. The van der Waals surface area contributed by atoms with Crippen LogP contribution in [0, 0.1) is 11.3 Å². The summed E-state index contributed by atoms with van der Waals surface area (Å²) in [6.45, 7) is 0.0330. The summed E-state index contributed by atoms with van der Waals surface area (Å²) in [7, 11) is 1.60. The van der Waals surface area contributed by atoms with Gasteiger partial charge < -0.3 is 9.64 Å². The predicted molar refractivity (Wildman–Crippen MR) is 90.4 cm³/mol. The second-order valence-corrected chi connectivity index (χ2v) is 6.53. The topological polar surface area (TPSA) is 70.4 Å². The van der Waals surface area contributed by atoms with Gasteiger partial charge in [-0.15, -0.1) is 0 Å². The summed E-state index contributed by atoms with van der Waals surface area (Å²) >= 11 is 5.93. The number of benzene rings is 1. The van der Waals surface area contributed by atoms with Gasteiger partial charge in [-0.3, -0.25) is 9.59 Å². The Bertz CT molecular complexity index is 631. The maximum absolute atomic E-state index is 12.7. The van der Waals surface area contributed by atoms with Crippen LogP contribution in [0.25, 0.3) is 0 Å². The Morgan fingerprint density at radius 2 is 1.92 bits per heavy atom. The predicted octanol–water partition coefficient (Wildman–Crippen LogP) is 3.07. The molecular formula is C18H21ClN2O3. The standard InChI is InChI=1S/C18H21ClN2O3/c1-21(12-4-11-20)16(22)13-24-17(23)18(9-2-3-10-18)14-5-7-15(19)8-6-14/h5-8H,2-4,9-10,12-13H2,1H3. The first-order valence-electron chi connectivity index (χ1n) is 8.04. The molecule has 0 radical (unpaired) electrons. The summed E-state index contributed by atoms with van der Waals surface area (Å²) in [4.78, 5) is 26.1. The average molecular weight is 349 g/mol. The monoisotopic (exact) mass is 348 g/mol. The van der Waals surface area contributed by atoms with Gasteiger partial charge in [0.1, 0.15) is 0 Å². The number of ether oxygens (including phenoxy) is 1. The smallest absolute Gasteiger partial charge is 0.317 e. The summed E-state index contributed by atoms with van der Waals surface area (Å²) in [6.07, 6.45) is 3.59. The molecule has 1 aliphatic carbocycles. The zero-order valence-electron chi connectivity index (χ0n) is 13.8. The van der Waals surface area contributed by atoms with Crippen LogP contribution in [0.15, 0.2) is 24.3 Å². The molecule has 0 N–H and O–H groups in total. The number of carbonyl (C=O) groups is 2. The van der Waals surface area contributed by atoms with E-state index in [0.717, 1.165) is 18.4 Å². The van der Waals surface area contributed by atoms with Gasteiger partial charge in [0.15, 0.2) is 6.61 Å². The van der Waals surface area contributed by atoms with Crippen LogP contribution in [-0.2, 0) is 19.7 Å². The molecular weight excluding hydrogens is 328 g/mol. The molecule has 0 unspecified atom stereocenters. The minimum Gasteiger partial charge on any atom is -0.455 e. The van der Waals surface area contributed by atoms with E-state index < -0.39 is 5.41 Å². The Hall–Kier alpha value is -2.06. The van der Waals surface area contributed by atoms with Crippen LogP contribution in [0.2, 0.25) is 5.02 Å². The fraction of sp³-hybridized carbons (Fsp3) is 0.500. The lowest BCUT2D eigenvalue weighted by Crippen LogP contribution is -2.38. The lowest BCUT2D eigenvalue weighted by molar-refractivity contribution is -0.156. The molecule has 0 atom stereocenters. The Kier molecular flexibility index (Phi) is 6.22. The third-order valence-corrected chi connectivity index (χ3v) is 4.81. The van der Waals surface area contributed by atoms with Gasteiger partial charge in [-0.1, -0.05) is 36.6 Å². The Morgan fingerprint density at radius 3 is 2.50 bits per heavy atom. The van der Waals surface area contributed by atoms with Crippen LogP contribution in [0.4, 0.5) is 0 Å². The van der Waals surface area contributed by atoms with Crippen LogP contribution in [-0.4, -0.2) is 37.0 Å². The van der Waals surface area contributed by atoms with Gasteiger partial charge in [0.2, 0.25) is 0 Å². The number of carbonyl (C=O) groups excluding carboxylic acids is 2. The van der Waals surface area contributed by atoms with E-state index in [1.165, 1.54) is 4.90 Å². The van der Waals surface area contributed by atoms with Crippen molar-refractivity contribution < 1.29 is 14.3 Å². The zero-order valence-corrected chi connectivity index (χ0v) is 14.5. The molecule has 6 heteroatoms. The highest BCUT2D eigenvalue weighted by molar-refractivity contribution is 6.30. The number of hydrogen-bond donors (Lipinski definition) is 0. The third kappa shape index (κ3) is 4.07. The zero-order chi connectivity index (χ0) is 17.6. The maximum Gasteiger partial charge on any atom is 0.317 e. The van der Waals surface area contributed by atoms with Crippen LogP contribution >= 0.6 is 11.6 Å². The molecule has 128 valence electrons. The average Bonchev–Trinajstić information content (AvgIpc) is 3.08. The van der Waals surface area contributed by atoms with E-state index in [1.54, 1.807) is 19.2 Å². The Labute approximate surface area is 147 Å². The second-order valence-electron chi connectivity index (χ2n) is 6.10. The van der Waals surface area contributed by atoms with Crippen molar-refractivity contribution in [3.05, 3.63) is 34.9 Å². The first kappa shape index (κ1) is 18.3. The number of nitrogens with zero attached hydrogens (tertiary/aromatic N) is 2. The van der Waals surface area contributed by atoms with Crippen LogP contribution in [0.3, 0.4) is 0 Å². The molecule has 2 rings (SSSR count). The fourth-order valence-corrected chi connectivity index (χ4v) is 3.20. The molecule has 5 nitrogen and oxygen atoms in total. The van der Waals surface area contributed by atoms with Crippen molar-refractivity contribution in [3.8, 4) is 6.07 Å². The van der Waals surface area contributed by atoms with Gasteiger partial charge in [-0.25, -0.2) is 0 Å². The third-order valence-electron chi connectivity index (χ3n) is 4.56. The van der Waals surface area contributed by atoms with Crippen molar-refractivity contribution in [2.75, 3.05) is 20.2 Å². The number of amides is 1. The molecule has 24 heavy (non-hydrogen) atoms. The number of nitriles is 1. The van der Waals surface area contributed by atoms with Crippen LogP contribution in [0.5, 0.6) is 0 Å². The van der Waals surface area contributed by atoms with E-state index in [2.05, 4.69) is 0 Å². The van der Waals surface area contributed by atoms with Crippen molar-refractivity contribution in [2.45, 2.75) is 37.5 Å². The van der Waals surface area contributed by atoms with E-state index >= 15 is 0 Å². The van der Waals surface area contributed by atoms with Gasteiger partial charge in [-0.05, 0) is 30.5 Å². The van der Waals surface area contributed by atoms with Crippen molar-refractivity contribution >= 4 is 23.5 Å². The largest absolute Gasteiger partial charge is 0.455 e. The molecule has 1 aliphatic rings. The second kappa shape index (κ2) is 8.16. The SMILES string of the molecule is CN(CCC#N)C(=O)COC(=O)C1(c2ccc(Cl)cc2)CCCC1. The number of halogens is 1. The van der Waals surface area contributed by atoms with Gasteiger partial charge >= 0.3 is 5.97 Å². The van der Waals surface area contributed by atoms with E-state index in [4.69, 9.17) is 21.6 Å². The highest BCUT2D eigenvalue weighted by Crippen LogP contribution is 2.42. The highest BCUT2D eigenvalue weighted by Gasteiger charge is 2.44.